The van der Waals surface area contributed by atoms with Crippen LogP contribution >= 0.6 is 0 Å². The predicted octanol–water partition coefficient (Wildman–Crippen LogP) is 0.962. The number of carbonyl (C=O) groups is 1. The number of hydrogen-bond donors (Lipinski definition) is 2. The number of piperidine rings is 1. The highest BCUT2D eigenvalue weighted by Crippen LogP contribution is 2.40. The summed E-state index contributed by atoms with van der Waals surface area (Å²) in [7, 11) is 1.88. The lowest BCUT2D eigenvalue weighted by molar-refractivity contribution is -0.126. The Hall–Kier alpha value is -0.610. The van der Waals surface area contributed by atoms with Crippen molar-refractivity contribution >= 4 is 5.91 Å². The number of nitrogens with zero attached hydrogens (tertiary/aromatic N) is 1. The van der Waals surface area contributed by atoms with E-state index in [1.165, 1.54) is 19.3 Å². The molecule has 1 amide bonds. The summed E-state index contributed by atoms with van der Waals surface area (Å²) in [6.45, 7) is 5.29. The maximum absolute atomic E-state index is 11.9. The predicted molar refractivity (Wildman–Crippen MR) is 73.2 cm³/mol. The maximum atomic E-state index is 11.9. The van der Waals surface area contributed by atoms with Gasteiger partial charge in [-0.1, -0.05) is 13.3 Å². The summed E-state index contributed by atoms with van der Waals surface area (Å²) in [6.07, 6.45) is 6.08. The second-order valence-electron chi connectivity index (χ2n) is 5.99. The monoisotopic (exact) mass is 253 g/mol. The minimum absolute atomic E-state index is 0.176. The third-order valence-corrected chi connectivity index (χ3v) is 4.92. The molecule has 1 aliphatic heterocycles. The van der Waals surface area contributed by atoms with Crippen LogP contribution in [-0.2, 0) is 4.79 Å². The first-order valence-electron chi connectivity index (χ1n) is 7.33. The van der Waals surface area contributed by atoms with E-state index in [0.717, 1.165) is 38.4 Å². The number of rotatable bonds is 6. The van der Waals surface area contributed by atoms with Gasteiger partial charge in [0, 0.05) is 6.54 Å². The third-order valence-electron chi connectivity index (χ3n) is 4.92. The molecule has 0 aromatic carbocycles. The highest BCUT2D eigenvalue weighted by Gasteiger charge is 2.49. The van der Waals surface area contributed by atoms with E-state index in [9.17, 15) is 4.79 Å². The van der Waals surface area contributed by atoms with Crippen molar-refractivity contribution in [2.24, 2.45) is 17.6 Å². The summed E-state index contributed by atoms with van der Waals surface area (Å²) in [5, 5.41) is 3.23. The van der Waals surface area contributed by atoms with Gasteiger partial charge in [0.25, 0.3) is 0 Å². The van der Waals surface area contributed by atoms with Crippen LogP contribution in [0, 0.1) is 11.8 Å². The van der Waals surface area contributed by atoms with Gasteiger partial charge in [0.1, 0.15) is 5.54 Å². The van der Waals surface area contributed by atoms with Crippen LogP contribution in [0.15, 0.2) is 0 Å². The lowest BCUT2D eigenvalue weighted by Gasteiger charge is -2.39. The van der Waals surface area contributed by atoms with E-state index in [1.54, 1.807) is 0 Å². The SMILES string of the molecule is CCC1CCN(CC(NC)(C(N)=O)C2CC2)CC1. The fourth-order valence-corrected chi connectivity index (χ4v) is 3.30. The molecule has 2 aliphatic rings. The highest BCUT2D eigenvalue weighted by molar-refractivity contribution is 5.86. The fourth-order valence-electron chi connectivity index (χ4n) is 3.30. The Kier molecular flexibility index (Phi) is 4.28. The largest absolute Gasteiger partial charge is 0.368 e. The number of likely N-dealkylation sites (tertiary alicyclic amines) is 1. The quantitative estimate of drug-likeness (QED) is 0.741. The van der Waals surface area contributed by atoms with E-state index < -0.39 is 5.54 Å². The van der Waals surface area contributed by atoms with Crippen molar-refractivity contribution in [3.8, 4) is 0 Å². The first kappa shape index (κ1) is 13.8. The topological polar surface area (TPSA) is 58.4 Å². The summed E-state index contributed by atoms with van der Waals surface area (Å²) in [5.41, 5.74) is 5.18. The Bertz CT molecular complexity index is 295. The molecule has 1 saturated heterocycles. The second kappa shape index (κ2) is 5.57. The van der Waals surface area contributed by atoms with E-state index in [4.69, 9.17) is 5.73 Å². The van der Waals surface area contributed by atoms with E-state index in [1.807, 2.05) is 7.05 Å². The van der Waals surface area contributed by atoms with Crippen LogP contribution in [0.5, 0.6) is 0 Å². The average molecular weight is 253 g/mol. The minimum Gasteiger partial charge on any atom is -0.368 e. The van der Waals surface area contributed by atoms with Gasteiger partial charge in [-0.3, -0.25) is 4.79 Å². The van der Waals surface area contributed by atoms with Crippen molar-refractivity contribution in [3.63, 3.8) is 0 Å². The summed E-state index contributed by atoms with van der Waals surface area (Å²) in [4.78, 5) is 14.3. The molecular weight excluding hydrogens is 226 g/mol. The van der Waals surface area contributed by atoms with E-state index in [2.05, 4.69) is 17.1 Å². The van der Waals surface area contributed by atoms with Gasteiger partial charge in [-0.2, -0.15) is 0 Å². The van der Waals surface area contributed by atoms with Gasteiger partial charge in [0.2, 0.25) is 5.91 Å². The number of nitrogens with two attached hydrogens (primary N) is 1. The molecule has 0 aromatic rings. The van der Waals surface area contributed by atoms with Crippen LogP contribution in [0.1, 0.15) is 39.0 Å². The second-order valence-corrected chi connectivity index (χ2v) is 5.99. The van der Waals surface area contributed by atoms with Gasteiger partial charge in [-0.05, 0) is 57.7 Å². The van der Waals surface area contributed by atoms with Gasteiger partial charge in [-0.25, -0.2) is 0 Å². The number of nitrogens with one attached hydrogen (secondary N) is 1. The number of hydrogen-bond acceptors (Lipinski definition) is 3. The van der Waals surface area contributed by atoms with Crippen molar-refractivity contribution in [2.75, 3.05) is 26.7 Å². The Morgan fingerprint density at radius 2 is 1.94 bits per heavy atom. The first-order chi connectivity index (χ1) is 8.62. The van der Waals surface area contributed by atoms with Crippen LogP contribution in [0.25, 0.3) is 0 Å². The Labute approximate surface area is 110 Å². The van der Waals surface area contributed by atoms with Crippen molar-refractivity contribution in [3.05, 3.63) is 0 Å². The van der Waals surface area contributed by atoms with Crippen molar-refractivity contribution in [1.82, 2.24) is 10.2 Å². The molecule has 1 atom stereocenters. The van der Waals surface area contributed by atoms with Crippen LogP contribution in [0.3, 0.4) is 0 Å². The van der Waals surface area contributed by atoms with E-state index in [0.29, 0.717) is 5.92 Å². The van der Waals surface area contributed by atoms with Crippen LogP contribution < -0.4 is 11.1 Å². The summed E-state index contributed by atoms with van der Waals surface area (Å²) in [6, 6.07) is 0. The average Bonchev–Trinajstić information content (AvgIpc) is 3.21. The molecule has 4 nitrogen and oxygen atoms in total. The summed E-state index contributed by atoms with van der Waals surface area (Å²) < 4.78 is 0. The molecule has 18 heavy (non-hydrogen) atoms. The molecule has 2 rings (SSSR count). The molecule has 0 bridgehead atoms. The maximum Gasteiger partial charge on any atom is 0.239 e. The Morgan fingerprint density at radius 3 is 2.33 bits per heavy atom. The van der Waals surface area contributed by atoms with Crippen LogP contribution in [0.2, 0.25) is 0 Å². The Balaban J connectivity index is 1.95. The molecule has 1 aliphatic carbocycles. The molecule has 0 radical (unpaired) electrons. The van der Waals surface area contributed by atoms with Crippen LogP contribution in [0.4, 0.5) is 0 Å². The molecular formula is C14H27N3O. The number of carbonyl (C=O) groups excluding carboxylic acids is 1. The third kappa shape index (κ3) is 2.69. The fraction of sp³-hybridized carbons (Fsp3) is 0.929. The molecule has 1 heterocycles. The van der Waals surface area contributed by atoms with E-state index in [-0.39, 0.29) is 5.91 Å². The van der Waals surface area contributed by atoms with Gasteiger partial charge in [0.15, 0.2) is 0 Å². The molecule has 2 fully saturated rings. The van der Waals surface area contributed by atoms with Crippen molar-refractivity contribution < 1.29 is 4.79 Å². The van der Waals surface area contributed by atoms with Gasteiger partial charge < -0.3 is 16.0 Å². The normalized spacial score (nSPS) is 25.9. The number of amides is 1. The zero-order chi connectivity index (χ0) is 13.2. The van der Waals surface area contributed by atoms with Gasteiger partial charge in [0.05, 0.1) is 0 Å². The van der Waals surface area contributed by atoms with Gasteiger partial charge in [-0.15, -0.1) is 0 Å². The molecule has 0 aromatic heterocycles. The molecule has 104 valence electrons. The lowest BCUT2D eigenvalue weighted by atomic mass is 9.89. The zero-order valence-corrected chi connectivity index (χ0v) is 11.7. The number of primary amides is 1. The minimum atomic E-state index is -0.487. The summed E-state index contributed by atoms with van der Waals surface area (Å²) in [5.74, 6) is 1.15. The van der Waals surface area contributed by atoms with Crippen molar-refractivity contribution in [2.45, 2.75) is 44.6 Å². The standard InChI is InChI=1S/C14H27N3O/c1-3-11-6-8-17(9-7-11)10-14(16-2,13(15)18)12-4-5-12/h11-12,16H,3-10H2,1-2H3,(H2,15,18). The summed E-state index contributed by atoms with van der Waals surface area (Å²) >= 11 is 0. The van der Waals surface area contributed by atoms with Gasteiger partial charge >= 0.3 is 0 Å². The van der Waals surface area contributed by atoms with Crippen LogP contribution in [-0.4, -0.2) is 43.0 Å². The molecule has 0 spiro atoms. The zero-order valence-electron chi connectivity index (χ0n) is 11.7. The molecule has 4 heteroatoms. The highest BCUT2D eigenvalue weighted by atomic mass is 16.1. The number of likely N-dealkylation sites (N-methyl/N-ethyl adjacent to an activating group) is 1. The Morgan fingerprint density at radius 1 is 1.33 bits per heavy atom. The van der Waals surface area contributed by atoms with E-state index >= 15 is 0 Å². The molecule has 3 N–H and O–H groups in total. The first-order valence-corrected chi connectivity index (χ1v) is 7.33. The van der Waals surface area contributed by atoms with Crippen molar-refractivity contribution in [1.29, 1.82) is 0 Å². The smallest absolute Gasteiger partial charge is 0.239 e. The molecule has 1 saturated carbocycles. The lowest BCUT2D eigenvalue weighted by Crippen LogP contribution is -2.62. The molecule has 1 unspecified atom stereocenters.